The standard InChI is InChI=1S/C41H43FN10O2/c42-29-7-1-6-28(26-29)33-11-4-20-51(33)39-15-14-37-44-27-36(52(37)47-39)32-9-3-12-38(45-32)49-24-22-48(23-25-49)19-5-18-43-31-8-2-10-34-30(31)17-21-50(34)35-13-16-40(53)46-41(35)54/h1-3,6-10,12,14-15,17,21,26-27,33,35,43H,4-5,11,13,16,18-20,22-25H2,(H,46,53,54)/t33-,35?/m1/s1. The quantitative estimate of drug-likeness (QED) is 0.133. The van der Waals surface area contributed by atoms with E-state index < -0.39 is 0 Å². The van der Waals surface area contributed by atoms with Gasteiger partial charge in [0, 0.05) is 63.0 Å². The molecule has 3 fully saturated rings. The van der Waals surface area contributed by atoms with Crippen LogP contribution in [0.5, 0.6) is 0 Å². The van der Waals surface area contributed by atoms with Crippen molar-refractivity contribution < 1.29 is 14.0 Å². The van der Waals surface area contributed by atoms with Gasteiger partial charge in [0.2, 0.25) is 11.8 Å². The zero-order valence-corrected chi connectivity index (χ0v) is 30.1. The predicted octanol–water partition coefficient (Wildman–Crippen LogP) is 5.83. The first-order valence-electron chi connectivity index (χ1n) is 19.0. The van der Waals surface area contributed by atoms with Crippen LogP contribution in [0.3, 0.4) is 0 Å². The van der Waals surface area contributed by atoms with Gasteiger partial charge >= 0.3 is 0 Å². The van der Waals surface area contributed by atoms with Crippen LogP contribution in [0.25, 0.3) is 27.9 Å². The van der Waals surface area contributed by atoms with Gasteiger partial charge in [-0.15, -0.1) is 5.10 Å². The number of nitrogens with zero attached hydrogens (tertiary/aromatic N) is 8. The molecule has 2 aromatic carbocycles. The average Bonchev–Trinajstić information content (AvgIpc) is 3.96. The minimum absolute atomic E-state index is 0.0796. The van der Waals surface area contributed by atoms with Gasteiger partial charge in [0.25, 0.3) is 0 Å². The summed E-state index contributed by atoms with van der Waals surface area (Å²) in [5.41, 5.74) is 5.43. The molecular formula is C41H43FN10O2. The van der Waals surface area contributed by atoms with E-state index in [2.05, 4.69) is 48.5 Å². The second-order valence-corrected chi connectivity index (χ2v) is 14.4. The number of nitrogens with one attached hydrogen (secondary N) is 2. The Morgan fingerprint density at radius 2 is 1.74 bits per heavy atom. The molecule has 0 bridgehead atoms. The van der Waals surface area contributed by atoms with Gasteiger partial charge in [-0.25, -0.2) is 18.9 Å². The Kier molecular flexibility index (Phi) is 9.15. The molecule has 0 spiro atoms. The van der Waals surface area contributed by atoms with E-state index in [1.54, 1.807) is 12.1 Å². The van der Waals surface area contributed by atoms with Gasteiger partial charge in [-0.3, -0.25) is 19.8 Å². The SMILES string of the molecule is O=C1CCC(n2ccc3c(NCCCN4CCN(c5cccc(-c6cnc7ccc(N8CCC[C@@H]8c8cccc(F)c8)nn67)n5)CC4)cccc32)C(=O)N1. The number of piperidine rings is 1. The Labute approximate surface area is 312 Å². The number of hydrogen-bond acceptors (Lipinski definition) is 9. The molecule has 2 N–H and O–H groups in total. The Morgan fingerprint density at radius 3 is 2.61 bits per heavy atom. The number of carbonyl (C=O) groups excluding carboxylic acids is 2. The number of rotatable bonds is 10. The maximum atomic E-state index is 14.1. The largest absolute Gasteiger partial charge is 0.384 e. The average molecular weight is 727 g/mol. The molecule has 13 heteroatoms. The maximum Gasteiger partial charge on any atom is 0.249 e. The highest BCUT2D eigenvalue weighted by Gasteiger charge is 2.30. The van der Waals surface area contributed by atoms with Crippen LogP contribution < -0.4 is 20.4 Å². The first kappa shape index (κ1) is 34.0. The van der Waals surface area contributed by atoms with Crippen LogP contribution in [-0.2, 0) is 9.59 Å². The summed E-state index contributed by atoms with van der Waals surface area (Å²) in [5, 5.41) is 12.2. The van der Waals surface area contributed by atoms with Gasteiger partial charge in [-0.1, -0.05) is 24.3 Å². The molecule has 3 saturated heterocycles. The molecule has 2 atom stereocenters. The molecule has 54 heavy (non-hydrogen) atoms. The van der Waals surface area contributed by atoms with Crippen LogP contribution in [0.4, 0.5) is 21.7 Å². The molecule has 0 saturated carbocycles. The maximum absolute atomic E-state index is 14.1. The van der Waals surface area contributed by atoms with Gasteiger partial charge < -0.3 is 19.7 Å². The van der Waals surface area contributed by atoms with Crippen molar-refractivity contribution >= 4 is 45.7 Å². The summed E-state index contributed by atoms with van der Waals surface area (Å²) in [6, 6.07) is 24.9. The summed E-state index contributed by atoms with van der Waals surface area (Å²) in [6.07, 6.45) is 7.64. The van der Waals surface area contributed by atoms with E-state index in [0.29, 0.717) is 12.8 Å². The predicted molar refractivity (Wildman–Crippen MR) is 207 cm³/mol. The number of anilines is 3. The first-order chi connectivity index (χ1) is 26.5. The van der Waals surface area contributed by atoms with Crippen LogP contribution in [0.2, 0.25) is 0 Å². The van der Waals surface area contributed by atoms with Gasteiger partial charge in [0.05, 0.1) is 23.4 Å². The highest BCUT2D eigenvalue weighted by Crippen LogP contribution is 2.36. The lowest BCUT2D eigenvalue weighted by Gasteiger charge is -2.35. The second-order valence-electron chi connectivity index (χ2n) is 14.4. The number of pyridine rings is 1. The lowest BCUT2D eigenvalue weighted by molar-refractivity contribution is -0.135. The van der Waals surface area contributed by atoms with Gasteiger partial charge in [0.1, 0.15) is 29.2 Å². The number of hydrogen-bond donors (Lipinski definition) is 2. The van der Waals surface area contributed by atoms with Crippen molar-refractivity contribution in [3.05, 3.63) is 103 Å². The van der Waals surface area contributed by atoms with Crippen molar-refractivity contribution in [3.8, 4) is 11.4 Å². The van der Waals surface area contributed by atoms with Crippen LogP contribution in [0, 0.1) is 5.82 Å². The monoisotopic (exact) mass is 726 g/mol. The summed E-state index contributed by atoms with van der Waals surface area (Å²) in [7, 11) is 0. The number of aromatic nitrogens is 5. The minimum atomic E-state index is -0.369. The van der Waals surface area contributed by atoms with E-state index in [1.165, 1.54) is 6.07 Å². The van der Waals surface area contributed by atoms with E-state index >= 15 is 0 Å². The Morgan fingerprint density at radius 1 is 0.870 bits per heavy atom. The summed E-state index contributed by atoms with van der Waals surface area (Å²) in [5.74, 6) is 1.14. The third-order valence-electron chi connectivity index (χ3n) is 11.1. The molecule has 7 heterocycles. The zero-order valence-electron chi connectivity index (χ0n) is 30.1. The zero-order chi connectivity index (χ0) is 36.6. The highest BCUT2D eigenvalue weighted by atomic mass is 19.1. The van der Waals surface area contributed by atoms with Crippen LogP contribution >= 0.6 is 0 Å². The van der Waals surface area contributed by atoms with E-state index in [1.807, 2.05) is 63.9 Å². The Bertz CT molecular complexity index is 2330. The topological polar surface area (TPSA) is 116 Å². The van der Waals surface area contributed by atoms with E-state index in [4.69, 9.17) is 10.1 Å². The number of amides is 2. The lowest BCUT2D eigenvalue weighted by atomic mass is 10.0. The summed E-state index contributed by atoms with van der Waals surface area (Å²) in [6.45, 7) is 6.39. The molecule has 3 aliphatic heterocycles. The second kappa shape index (κ2) is 14.5. The van der Waals surface area contributed by atoms with Crippen molar-refractivity contribution in [2.45, 2.75) is 44.2 Å². The molecule has 9 rings (SSSR count). The van der Waals surface area contributed by atoms with Crippen molar-refractivity contribution in [3.63, 3.8) is 0 Å². The van der Waals surface area contributed by atoms with Crippen molar-refractivity contribution in [1.82, 2.24) is 34.4 Å². The minimum Gasteiger partial charge on any atom is -0.384 e. The number of halogens is 1. The van der Waals surface area contributed by atoms with Crippen LogP contribution in [0.15, 0.2) is 91.3 Å². The Hall–Kier alpha value is -5.82. The molecular weight excluding hydrogens is 684 g/mol. The number of fused-ring (bicyclic) bond motifs is 2. The first-order valence-corrected chi connectivity index (χ1v) is 19.0. The fourth-order valence-electron chi connectivity index (χ4n) is 8.32. The Balaban J connectivity index is 0.809. The molecule has 2 amide bonds. The summed E-state index contributed by atoms with van der Waals surface area (Å²) >= 11 is 0. The van der Waals surface area contributed by atoms with Crippen molar-refractivity contribution in [1.29, 1.82) is 0 Å². The van der Waals surface area contributed by atoms with Crippen molar-refractivity contribution in [2.24, 2.45) is 0 Å². The molecule has 276 valence electrons. The third-order valence-corrected chi connectivity index (χ3v) is 11.1. The fourth-order valence-corrected chi connectivity index (χ4v) is 8.32. The molecule has 3 aliphatic rings. The fraction of sp³-hybridized carbons (Fsp3) is 0.341. The molecule has 4 aromatic heterocycles. The summed E-state index contributed by atoms with van der Waals surface area (Å²) in [4.78, 5) is 41.0. The van der Waals surface area contributed by atoms with Gasteiger partial charge in [0.15, 0.2) is 5.65 Å². The number of imidazole rings is 1. The highest BCUT2D eigenvalue weighted by molar-refractivity contribution is 6.01. The summed E-state index contributed by atoms with van der Waals surface area (Å²) < 4.78 is 17.9. The molecule has 6 aromatic rings. The third kappa shape index (κ3) is 6.64. The lowest BCUT2D eigenvalue weighted by Crippen LogP contribution is -2.47. The normalized spacial score (nSPS) is 19.6. The molecule has 0 radical (unpaired) electrons. The van der Waals surface area contributed by atoms with Crippen LogP contribution in [-0.4, -0.2) is 86.7 Å². The number of piperazine rings is 1. The van der Waals surface area contributed by atoms with Gasteiger partial charge in [-0.05, 0) is 92.4 Å². The molecule has 12 nitrogen and oxygen atoms in total. The number of imide groups is 1. The molecule has 0 aliphatic carbocycles. The smallest absolute Gasteiger partial charge is 0.249 e. The number of carbonyl (C=O) groups is 2. The van der Waals surface area contributed by atoms with E-state index in [0.717, 1.165) is 116 Å². The van der Waals surface area contributed by atoms with Gasteiger partial charge in [-0.2, -0.15) is 0 Å². The van der Waals surface area contributed by atoms with Crippen LogP contribution in [0.1, 0.15) is 49.8 Å². The van der Waals surface area contributed by atoms with Crippen molar-refractivity contribution in [2.75, 3.05) is 60.9 Å². The molecule has 1 unspecified atom stereocenters. The number of benzene rings is 2. The van der Waals surface area contributed by atoms with E-state index in [9.17, 15) is 14.0 Å². The van der Waals surface area contributed by atoms with E-state index in [-0.39, 0.29) is 29.7 Å².